The molecule has 0 saturated carbocycles. The molecular weight excluding hydrogens is 452 g/mol. The van der Waals surface area contributed by atoms with Crippen LogP contribution in [-0.2, 0) is 16.1 Å². The first-order valence-electron chi connectivity index (χ1n) is 11.1. The Morgan fingerprint density at radius 1 is 1.03 bits per heavy atom. The SMILES string of the molecule is CCOc1ccc(-c2nc(CN(CC)CC(=O)Nc3ccc(NC(C)=O)cc3)cs2)cc1OC. The molecule has 3 rings (SSSR count). The van der Waals surface area contributed by atoms with Gasteiger partial charge in [-0.1, -0.05) is 6.92 Å². The van der Waals surface area contributed by atoms with Crippen LogP contribution in [0.5, 0.6) is 11.5 Å². The van der Waals surface area contributed by atoms with Crippen LogP contribution in [0.25, 0.3) is 10.6 Å². The number of thiazole rings is 1. The van der Waals surface area contributed by atoms with Crippen molar-refractivity contribution in [2.45, 2.75) is 27.3 Å². The molecule has 0 atom stereocenters. The minimum Gasteiger partial charge on any atom is -0.493 e. The molecule has 0 fully saturated rings. The largest absolute Gasteiger partial charge is 0.493 e. The van der Waals surface area contributed by atoms with E-state index in [1.165, 1.54) is 6.92 Å². The molecule has 0 aliphatic carbocycles. The number of benzene rings is 2. The van der Waals surface area contributed by atoms with Gasteiger partial charge >= 0.3 is 0 Å². The molecule has 0 aliphatic rings. The number of likely N-dealkylation sites (N-methyl/N-ethyl adjacent to an activating group) is 1. The van der Waals surface area contributed by atoms with Gasteiger partial charge in [-0.25, -0.2) is 4.98 Å². The van der Waals surface area contributed by atoms with Crippen LogP contribution >= 0.6 is 11.3 Å². The van der Waals surface area contributed by atoms with Gasteiger partial charge < -0.3 is 20.1 Å². The van der Waals surface area contributed by atoms with Gasteiger partial charge in [-0.3, -0.25) is 14.5 Å². The fourth-order valence-corrected chi connectivity index (χ4v) is 4.15. The molecule has 9 heteroatoms. The number of carbonyl (C=O) groups excluding carboxylic acids is 2. The van der Waals surface area contributed by atoms with Gasteiger partial charge in [-0.15, -0.1) is 11.3 Å². The summed E-state index contributed by atoms with van der Waals surface area (Å²) in [6.07, 6.45) is 0. The van der Waals surface area contributed by atoms with Gasteiger partial charge in [0.1, 0.15) is 5.01 Å². The Bertz CT molecular complexity index is 1110. The average molecular weight is 483 g/mol. The molecule has 8 nitrogen and oxygen atoms in total. The van der Waals surface area contributed by atoms with Crippen molar-refractivity contribution in [2.75, 3.05) is 37.4 Å². The summed E-state index contributed by atoms with van der Waals surface area (Å²) in [5, 5.41) is 8.50. The normalized spacial score (nSPS) is 10.7. The van der Waals surface area contributed by atoms with Crippen molar-refractivity contribution in [3.05, 3.63) is 53.5 Å². The third-order valence-corrected chi connectivity index (χ3v) is 5.89. The van der Waals surface area contributed by atoms with Crippen LogP contribution in [-0.4, -0.2) is 48.5 Å². The van der Waals surface area contributed by atoms with E-state index < -0.39 is 0 Å². The zero-order valence-corrected chi connectivity index (χ0v) is 20.7. The van der Waals surface area contributed by atoms with Crippen molar-refractivity contribution in [1.82, 2.24) is 9.88 Å². The lowest BCUT2D eigenvalue weighted by Crippen LogP contribution is -2.32. The predicted molar refractivity (Wildman–Crippen MR) is 136 cm³/mol. The fraction of sp³-hybridized carbons (Fsp3) is 0.320. The highest BCUT2D eigenvalue weighted by atomic mass is 32.1. The average Bonchev–Trinajstić information content (AvgIpc) is 3.28. The van der Waals surface area contributed by atoms with Gasteiger partial charge in [0, 0.05) is 35.8 Å². The first-order chi connectivity index (χ1) is 16.4. The minimum absolute atomic E-state index is 0.110. The quantitative estimate of drug-likeness (QED) is 0.414. The summed E-state index contributed by atoms with van der Waals surface area (Å²) in [6.45, 7) is 7.49. The summed E-state index contributed by atoms with van der Waals surface area (Å²) < 4.78 is 11.0. The van der Waals surface area contributed by atoms with Crippen LogP contribution in [0.3, 0.4) is 0 Å². The Kier molecular flexibility index (Phi) is 9.00. The van der Waals surface area contributed by atoms with Crippen molar-refractivity contribution in [1.29, 1.82) is 0 Å². The summed E-state index contributed by atoms with van der Waals surface area (Å²) in [7, 11) is 1.62. The van der Waals surface area contributed by atoms with Gasteiger partial charge in [0.15, 0.2) is 11.5 Å². The molecule has 2 N–H and O–H groups in total. The molecule has 0 radical (unpaired) electrons. The second-order valence-electron chi connectivity index (χ2n) is 7.55. The third kappa shape index (κ3) is 7.03. The fourth-order valence-electron chi connectivity index (χ4n) is 3.34. The van der Waals surface area contributed by atoms with E-state index in [-0.39, 0.29) is 18.4 Å². The Morgan fingerprint density at radius 3 is 2.35 bits per heavy atom. The Morgan fingerprint density at radius 2 is 1.74 bits per heavy atom. The second-order valence-corrected chi connectivity index (χ2v) is 8.41. The molecule has 2 amide bonds. The lowest BCUT2D eigenvalue weighted by atomic mass is 10.2. The maximum atomic E-state index is 12.6. The summed E-state index contributed by atoms with van der Waals surface area (Å²) >= 11 is 1.56. The van der Waals surface area contributed by atoms with E-state index >= 15 is 0 Å². The smallest absolute Gasteiger partial charge is 0.238 e. The monoisotopic (exact) mass is 482 g/mol. The van der Waals surface area contributed by atoms with Crippen molar-refractivity contribution in [3.63, 3.8) is 0 Å². The van der Waals surface area contributed by atoms with Gasteiger partial charge in [-0.2, -0.15) is 0 Å². The predicted octanol–water partition coefficient (Wildman–Crippen LogP) is 4.64. The highest BCUT2D eigenvalue weighted by molar-refractivity contribution is 7.13. The maximum Gasteiger partial charge on any atom is 0.238 e. The number of aromatic nitrogens is 1. The highest BCUT2D eigenvalue weighted by Gasteiger charge is 2.14. The number of carbonyl (C=O) groups is 2. The van der Waals surface area contributed by atoms with E-state index in [9.17, 15) is 9.59 Å². The number of hydrogen-bond donors (Lipinski definition) is 2. The molecule has 0 saturated heterocycles. The minimum atomic E-state index is -0.137. The molecule has 0 aliphatic heterocycles. The number of anilines is 2. The lowest BCUT2D eigenvalue weighted by molar-refractivity contribution is -0.117. The Labute approximate surface area is 203 Å². The number of methoxy groups -OCH3 is 1. The van der Waals surface area contributed by atoms with Gasteiger partial charge in [0.2, 0.25) is 11.8 Å². The zero-order valence-electron chi connectivity index (χ0n) is 19.9. The van der Waals surface area contributed by atoms with Crippen LogP contribution in [0.1, 0.15) is 26.5 Å². The molecule has 0 unspecified atom stereocenters. The maximum absolute atomic E-state index is 12.6. The van der Waals surface area contributed by atoms with E-state index in [1.54, 1.807) is 42.7 Å². The van der Waals surface area contributed by atoms with Crippen LogP contribution < -0.4 is 20.1 Å². The lowest BCUT2D eigenvalue weighted by Gasteiger charge is -2.18. The van der Waals surface area contributed by atoms with E-state index in [2.05, 4.69) is 10.6 Å². The standard InChI is InChI=1S/C25H30N4O4S/c1-5-29(15-24(31)27-20-10-8-19(9-11-20)26-17(3)30)14-21-16-34-25(28-21)18-7-12-22(33-6-2)23(13-18)32-4/h7-13,16H,5-6,14-15H2,1-4H3,(H,26,30)(H,27,31). The summed E-state index contributed by atoms with van der Waals surface area (Å²) in [4.78, 5) is 30.5. The van der Waals surface area contributed by atoms with Crippen molar-refractivity contribution in [3.8, 4) is 22.1 Å². The van der Waals surface area contributed by atoms with E-state index in [1.807, 2.05) is 42.3 Å². The first-order valence-corrected chi connectivity index (χ1v) is 11.9. The number of rotatable bonds is 11. The zero-order chi connectivity index (χ0) is 24.5. The number of amides is 2. The van der Waals surface area contributed by atoms with Crippen molar-refractivity contribution < 1.29 is 19.1 Å². The van der Waals surface area contributed by atoms with E-state index in [0.29, 0.717) is 42.6 Å². The van der Waals surface area contributed by atoms with Crippen LogP contribution in [0.15, 0.2) is 47.8 Å². The number of nitrogens with zero attached hydrogens (tertiary/aromatic N) is 2. The number of nitrogens with one attached hydrogen (secondary N) is 2. The van der Waals surface area contributed by atoms with Gasteiger partial charge in [0.05, 0.1) is 26.0 Å². The molecule has 3 aromatic rings. The first kappa shape index (κ1) is 25.2. The Balaban J connectivity index is 1.59. The number of hydrogen-bond acceptors (Lipinski definition) is 7. The summed E-state index contributed by atoms with van der Waals surface area (Å²) in [5.41, 5.74) is 3.22. The molecule has 0 spiro atoms. The molecule has 0 bridgehead atoms. The number of ether oxygens (including phenoxy) is 2. The molecule has 180 valence electrons. The molecule has 34 heavy (non-hydrogen) atoms. The molecule has 1 aromatic heterocycles. The molecule has 1 heterocycles. The van der Waals surface area contributed by atoms with Crippen molar-refractivity contribution >= 4 is 34.5 Å². The summed E-state index contributed by atoms with van der Waals surface area (Å²) in [5.74, 6) is 1.13. The van der Waals surface area contributed by atoms with Crippen molar-refractivity contribution in [2.24, 2.45) is 0 Å². The third-order valence-electron chi connectivity index (χ3n) is 4.95. The van der Waals surface area contributed by atoms with Gasteiger partial charge in [-0.05, 0) is 55.9 Å². The van der Waals surface area contributed by atoms with Gasteiger partial charge in [0.25, 0.3) is 0 Å². The highest BCUT2D eigenvalue weighted by Crippen LogP contribution is 2.34. The van der Waals surface area contributed by atoms with Crippen LogP contribution in [0.2, 0.25) is 0 Å². The van der Waals surface area contributed by atoms with E-state index in [0.717, 1.165) is 16.3 Å². The van der Waals surface area contributed by atoms with E-state index in [4.69, 9.17) is 14.5 Å². The second kappa shape index (κ2) is 12.2. The Hall–Kier alpha value is -3.43. The van der Waals surface area contributed by atoms with Crippen LogP contribution in [0.4, 0.5) is 11.4 Å². The molecular formula is C25H30N4O4S. The molecule has 2 aromatic carbocycles. The topological polar surface area (TPSA) is 92.8 Å². The summed E-state index contributed by atoms with van der Waals surface area (Å²) in [6, 6.07) is 12.8. The van der Waals surface area contributed by atoms with Crippen LogP contribution in [0, 0.1) is 0 Å².